The summed E-state index contributed by atoms with van der Waals surface area (Å²) >= 11 is 0. The third kappa shape index (κ3) is 6.89. The Hall–Kier alpha value is -1.77. The molecule has 1 aromatic carbocycles. The van der Waals surface area contributed by atoms with E-state index < -0.39 is 0 Å². The number of hydrogen-bond donors (Lipinski definition) is 1. The zero-order valence-electron chi connectivity index (χ0n) is 13.6. The molecule has 0 fully saturated rings. The van der Waals surface area contributed by atoms with Gasteiger partial charge < -0.3 is 19.5 Å². The van der Waals surface area contributed by atoms with Gasteiger partial charge in [0, 0.05) is 39.6 Å². The number of hydrogen-bond acceptors (Lipinski definition) is 3. The standard InChI is InChI=1S/C16H23N5O.HI/c1-17-16(19-9-11-21-10-8-18-14-21)20(2)12-13-22-15-6-4-3-5-7-15;/h3-8,10,14H,9,11-13H2,1-2H3,(H,17,19);1H. The normalized spacial score (nSPS) is 10.8. The van der Waals surface area contributed by atoms with E-state index in [2.05, 4.69) is 20.2 Å². The number of para-hydroxylation sites is 1. The van der Waals surface area contributed by atoms with Gasteiger partial charge in [-0.1, -0.05) is 18.2 Å². The molecule has 0 bridgehead atoms. The summed E-state index contributed by atoms with van der Waals surface area (Å²) in [5, 5.41) is 3.33. The van der Waals surface area contributed by atoms with E-state index >= 15 is 0 Å². The minimum absolute atomic E-state index is 0. The van der Waals surface area contributed by atoms with Crippen LogP contribution in [-0.4, -0.2) is 54.2 Å². The maximum atomic E-state index is 5.70. The Balaban J connectivity index is 0.00000264. The first-order valence-electron chi connectivity index (χ1n) is 7.35. The zero-order chi connectivity index (χ0) is 15.6. The van der Waals surface area contributed by atoms with Crippen molar-refractivity contribution < 1.29 is 4.74 Å². The molecule has 0 aliphatic rings. The summed E-state index contributed by atoms with van der Waals surface area (Å²) in [6.45, 7) is 3.03. The molecule has 23 heavy (non-hydrogen) atoms. The number of benzene rings is 1. The lowest BCUT2D eigenvalue weighted by Gasteiger charge is -2.22. The number of aromatic nitrogens is 2. The maximum Gasteiger partial charge on any atom is 0.193 e. The van der Waals surface area contributed by atoms with Crippen LogP contribution < -0.4 is 10.1 Å². The Morgan fingerprint density at radius 1 is 1.35 bits per heavy atom. The molecule has 1 aromatic heterocycles. The fourth-order valence-electron chi connectivity index (χ4n) is 2.02. The van der Waals surface area contributed by atoms with Gasteiger partial charge in [-0.3, -0.25) is 4.99 Å². The molecule has 0 saturated carbocycles. The minimum Gasteiger partial charge on any atom is -0.492 e. The van der Waals surface area contributed by atoms with Crippen molar-refractivity contribution in [2.24, 2.45) is 4.99 Å². The molecule has 0 atom stereocenters. The number of rotatable bonds is 7. The van der Waals surface area contributed by atoms with Crippen molar-refractivity contribution in [1.29, 1.82) is 0 Å². The molecule has 1 N–H and O–H groups in total. The van der Waals surface area contributed by atoms with E-state index in [1.807, 2.05) is 54.5 Å². The largest absolute Gasteiger partial charge is 0.492 e. The number of guanidine groups is 1. The number of imidazole rings is 1. The van der Waals surface area contributed by atoms with Gasteiger partial charge in [-0.25, -0.2) is 4.98 Å². The van der Waals surface area contributed by atoms with Gasteiger partial charge in [0.05, 0.1) is 12.9 Å². The molecule has 2 aromatic rings. The van der Waals surface area contributed by atoms with E-state index in [-0.39, 0.29) is 24.0 Å². The lowest BCUT2D eigenvalue weighted by Crippen LogP contribution is -2.41. The van der Waals surface area contributed by atoms with Crippen LogP contribution in [0.1, 0.15) is 0 Å². The number of nitrogens with one attached hydrogen (secondary N) is 1. The van der Waals surface area contributed by atoms with Gasteiger partial charge in [-0.05, 0) is 12.1 Å². The Labute approximate surface area is 154 Å². The Kier molecular flexibility index (Phi) is 9.11. The first-order chi connectivity index (χ1) is 10.8. The van der Waals surface area contributed by atoms with Gasteiger partial charge in [0.25, 0.3) is 0 Å². The van der Waals surface area contributed by atoms with Crippen LogP contribution in [0.3, 0.4) is 0 Å². The molecule has 0 radical (unpaired) electrons. The highest BCUT2D eigenvalue weighted by molar-refractivity contribution is 14.0. The average Bonchev–Trinajstić information content (AvgIpc) is 3.06. The molecule has 0 spiro atoms. The SMILES string of the molecule is CN=C(NCCn1ccnc1)N(C)CCOc1ccccc1.I. The maximum absolute atomic E-state index is 5.70. The van der Waals surface area contributed by atoms with Crippen molar-refractivity contribution >= 4 is 29.9 Å². The highest BCUT2D eigenvalue weighted by Gasteiger charge is 2.05. The van der Waals surface area contributed by atoms with E-state index in [0.717, 1.165) is 31.3 Å². The second-order valence-electron chi connectivity index (χ2n) is 4.86. The Morgan fingerprint density at radius 2 is 2.13 bits per heavy atom. The number of likely N-dealkylation sites (N-methyl/N-ethyl adjacent to an activating group) is 1. The molecule has 6 nitrogen and oxygen atoms in total. The molecule has 0 aliphatic carbocycles. The van der Waals surface area contributed by atoms with E-state index in [1.165, 1.54) is 0 Å². The lowest BCUT2D eigenvalue weighted by molar-refractivity contribution is 0.281. The molecular formula is C16H24IN5O. The van der Waals surface area contributed by atoms with Crippen LogP contribution in [-0.2, 0) is 6.54 Å². The van der Waals surface area contributed by atoms with Crippen LogP contribution in [0.2, 0.25) is 0 Å². The minimum atomic E-state index is 0. The average molecular weight is 429 g/mol. The highest BCUT2D eigenvalue weighted by Crippen LogP contribution is 2.07. The topological polar surface area (TPSA) is 54.7 Å². The predicted octanol–water partition coefficient (Wildman–Crippen LogP) is 2.09. The smallest absolute Gasteiger partial charge is 0.193 e. The first kappa shape index (κ1) is 19.3. The Bertz CT molecular complexity index is 559. The number of ether oxygens (including phenoxy) is 1. The van der Waals surface area contributed by atoms with Crippen LogP contribution in [0.25, 0.3) is 0 Å². The molecule has 0 saturated heterocycles. The zero-order valence-corrected chi connectivity index (χ0v) is 15.9. The molecule has 0 aliphatic heterocycles. The van der Waals surface area contributed by atoms with Crippen LogP contribution >= 0.6 is 24.0 Å². The van der Waals surface area contributed by atoms with E-state index in [4.69, 9.17) is 4.74 Å². The molecule has 126 valence electrons. The third-order valence-electron chi connectivity index (χ3n) is 3.22. The second-order valence-corrected chi connectivity index (χ2v) is 4.86. The van der Waals surface area contributed by atoms with Crippen molar-refractivity contribution in [2.75, 3.05) is 33.8 Å². The molecule has 7 heteroatoms. The predicted molar refractivity (Wildman–Crippen MR) is 104 cm³/mol. The van der Waals surface area contributed by atoms with E-state index in [0.29, 0.717) is 6.61 Å². The quantitative estimate of drug-likeness (QED) is 0.416. The summed E-state index contributed by atoms with van der Waals surface area (Å²) in [7, 11) is 3.79. The molecular weight excluding hydrogens is 405 g/mol. The van der Waals surface area contributed by atoms with Gasteiger partial charge in [0.1, 0.15) is 12.4 Å². The van der Waals surface area contributed by atoms with Crippen molar-refractivity contribution in [3.8, 4) is 5.75 Å². The van der Waals surface area contributed by atoms with Crippen molar-refractivity contribution in [3.05, 3.63) is 49.1 Å². The van der Waals surface area contributed by atoms with Crippen LogP contribution in [0.15, 0.2) is 54.0 Å². The van der Waals surface area contributed by atoms with Crippen LogP contribution in [0.4, 0.5) is 0 Å². The first-order valence-corrected chi connectivity index (χ1v) is 7.35. The highest BCUT2D eigenvalue weighted by atomic mass is 127. The molecule has 1 heterocycles. The Morgan fingerprint density at radius 3 is 2.78 bits per heavy atom. The third-order valence-corrected chi connectivity index (χ3v) is 3.22. The number of aliphatic imine (C=N–C) groups is 1. The van der Waals surface area contributed by atoms with Gasteiger partial charge in [0.15, 0.2) is 5.96 Å². The molecule has 0 amide bonds. The summed E-state index contributed by atoms with van der Waals surface area (Å²) in [5.74, 6) is 1.75. The fourth-order valence-corrected chi connectivity index (χ4v) is 2.02. The lowest BCUT2D eigenvalue weighted by atomic mass is 10.3. The van der Waals surface area contributed by atoms with Gasteiger partial charge >= 0.3 is 0 Å². The van der Waals surface area contributed by atoms with Crippen molar-refractivity contribution in [1.82, 2.24) is 19.8 Å². The van der Waals surface area contributed by atoms with E-state index in [1.54, 1.807) is 13.2 Å². The van der Waals surface area contributed by atoms with Crippen LogP contribution in [0.5, 0.6) is 5.75 Å². The van der Waals surface area contributed by atoms with E-state index in [9.17, 15) is 0 Å². The molecule has 0 unspecified atom stereocenters. The summed E-state index contributed by atoms with van der Waals surface area (Å²) in [6, 6.07) is 9.83. The monoisotopic (exact) mass is 429 g/mol. The number of nitrogens with zero attached hydrogens (tertiary/aromatic N) is 4. The summed E-state index contributed by atoms with van der Waals surface area (Å²) in [4.78, 5) is 10.4. The van der Waals surface area contributed by atoms with Crippen molar-refractivity contribution in [3.63, 3.8) is 0 Å². The van der Waals surface area contributed by atoms with Gasteiger partial charge in [-0.2, -0.15) is 0 Å². The molecule has 2 rings (SSSR count). The fraction of sp³-hybridized carbons (Fsp3) is 0.375. The van der Waals surface area contributed by atoms with Gasteiger partial charge in [0.2, 0.25) is 0 Å². The summed E-state index contributed by atoms with van der Waals surface area (Å²) in [6.07, 6.45) is 5.53. The van der Waals surface area contributed by atoms with Crippen molar-refractivity contribution in [2.45, 2.75) is 6.54 Å². The summed E-state index contributed by atoms with van der Waals surface area (Å²) < 4.78 is 7.72. The van der Waals surface area contributed by atoms with Crippen LogP contribution in [0, 0.1) is 0 Å². The second kappa shape index (κ2) is 10.9. The summed E-state index contributed by atoms with van der Waals surface area (Å²) in [5.41, 5.74) is 0. The van der Waals surface area contributed by atoms with Gasteiger partial charge in [-0.15, -0.1) is 24.0 Å². The number of halogens is 1.